The highest BCUT2D eigenvalue weighted by Gasteiger charge is 2.11. The fourth-order valence-electron chi connectivity index (χ4n) is 2.04. The quantitative estimate of drug-likeness (QED) is 0.823. The number of benzene rings is 2. The molecule has 120 valence electrons. The third-order valence-electron chi connectivity index (χ3n) is 3.41. The molecule has 0 saturated heterocycles. The highest BCUT2D eigenvalue weighted by molar-refractivity contribution is 6.31. The summed E-state index contributed by atoms with van der Waals surface area (Å²) in [4.78, 5) is 23.8. The lowest BCUT2D eigenvalue weighted by molar-refractivity contribution is -0.126. The maximum atomic E-state index is 11.9. The predicted molar refractivity (Wildman–Crippen MR) is 92.5 cm³/mol. The molecule has 2 amide bonds. The molecule has 0 aromatic heterocycles. The first-order valence-corrected chi connectivity index (χ1v) is 7.70. The molecule has 0 saturated carbocycles. The van der Waals surface area contributed by atoms with Gasteiger partial charge in [0.1, 0.15) is 6.42 Å². The van der Waals surface area contributed by atoms with Crippen molar-refractivity contribution in [3.05, 3.63) is 64.2 Å². The van der Waals surface area contributed by atoms with Crippen molar-refractivity contribution in [2.45, 2.75) is 26.8 Å². The van der Waals surface area contributed by atoms with E-state index >= 15 is 0 Å². The maximum Gasteiger partial charge on any atom is 0.233 e. The van der Waals surface area contributed by atoms with Crippen molar-refractivity contribution in [1.29, 1.82) is 0 Å². The molecule has 0 bridgehead atoms. The summed E-state index contributed by atoms with van der Waals surface area (Å²) in [6.07, 6.45) is -0.224. The zero-order valence-electron chi connectivity index (χ0n) is 13.2. The fourth-order valence-corrected chi connectivity index (χ4v) is 2.21. The molecule has 4 nitrogen and oxygen atoms in total. The van der Waals surface area contributed by atoms with Gasteiger partial charge >= 0.3 is 0 Å². The van der Waals surface area contributed by atoms with E-state index in [1.165, 1.54) is 0 Å². The molecule has 0 spiro atoms. The van der Waals surface area contributed by atoms with Crippen LogP contribution in [0.15, 0.2) is 42.5 Å². The Bertz CT molecular complexity index is 711. The number of rotatable bonds is 5. The highest BCUT2D eigenvalue weighted by atomic mass is 35.5. The third-order valence-corrected chi connectivity index (χ3v) is 3.64. The van der Waals surface area contributed by atoms with Crippen LogP contribution in [0, 0.1) is 13.8 Å². The van der Waals surface area contributed by atoms with Gasteiger partial charge in [0.2, 0.25) is 11.8 Å². The van der Waals surface area contributed by atoms with E-state index in [-0.39, 0.29) is 18.2 Å². The van der Waals surface area contributed by atoms with Gasteiger partial charge in [0, 0.05) is 17.3 Å². The molecule has 0 heterocycles. The van der Waals surface area contributed by atoms with E-state index in [4.69, 9.17) is 11.6 Å². The van der Waals surface area contributed by atoms with Crippen LogP contribution in [0.25, 0.3) is 0 Å². The Balaban J connectivity index is 1.83. The first-order valence-electron chi connectivity index (χ1n) is 7.32. The van der Waals surface area contributed by atoms with Gasteiger partial charge in [-0.25, -0.2) is 0 Å². The zero-order valence-corrected chi connectivity index (χ0v) is 13.9. The summed E-state index contributed by atoms with van der Waals surface area (Å²) < 4.78 is 0. The van der Waals surface area contributed by atoms with Crippen molar-refractivity contribution < 1.29 is 9.59 Å². The first kappa shape index (κ1) is 17.0. The minimum Gasteiger partial charge on any atom is -0.352 e. The minimum atomic E-state index is -0.364. The SMILES string of the molecule is Cc1ccc(CNC(=O)CC(=O)Nc2cc(Cl)ccc2C)cc1. The second-order valence-electron chi connectivity index (χ2n) is 5.45. The smallest absolute Gasteiger partial charge is 0.233 e. The zero-order chi connectivity index (χ0) is 16.8. The lowest BCUT2D eigenvalue weighted by Gasteiger charge is -2.09. The molecule has 2 aromatic rings. The van der Waals surface area contributed by atoms with Crippen LogP contribution >= 0.6 is 11.6 Å². The predicted octanol–water partition coefficient (Wildman–Crippen LogP) is 3.60. The second kappa shape index (κ2) is 7.79. The van der Waals surface area contributed by atoms with Gasteiger partial charge in [0.15, 0.2) is 0 Å². The van der Waals surface area contributed by atoms with Gasteiger partial charge in [0.05, 0.1) is 0 Å². The van der Waals surface area contributed by atoms with Crippen LogP contribution in [0.1, 0.15) is 23.1 Å². The van der Waals surface area contributed by atoms with E-state index in [9.17, 15) is 9.59 Å². The monoisotopic (exact) mass is 330 g/mol. The van der Waals surface area contributed by atoms with Crippen LogP contribution in [-0.2, 0) is 16.1 Å². The molecule has 2 N–H and O–H groups in total. The van der Waals surface area contributed by atoms with Gasteiger partial charge in [-0.05, 0) is 37.1 Å². The van der Waals surface area contributed by atoms with E-state index in [1.54, 1.807) is 12.1 Å². The lowest BCUT2D eigenvalue weighted by Crippen LogP contribution is -2.27. The van der Waals surface area contributed by atoms with Crippen LogP contribution in [-0.4, -0.2) is 11.8 Å². The van der Waals surface area contributed by atoms with Crippen molar-refractivity contribution in [2.75, 3.05) is 5.32 Å². The van der Waals surface area contributed by atoms with E-state index in [2.05, 4.69) is 10.6 Å². The number of carbonyl (C=O) groups excluding carboxylic acids is 2. The fraction of sp³-hybridized carbons (Fsp3) is 0.222. The number of halogens is 1. The number of carbonyl (C=O) groups is 2. The number of hydrogen-bond acceptors (Lipinski definition) is 2. The van der Waals surface area contributed by atoms with Gasteiger partial charge in [-0.2, -0.15) is 0 Å². The number of aryl methyl sites for hydroxylation is 2. The van der Waals surface area contributed by atoms with E-state index in [1.807, 2.05) is 44.2 Å². The topological polar surface area (TPSA) is 58.2 Å². The van der Waals surface area contributed by atoms with E-state index in [0.29, 0.717) is 17.3 Å². The Morgan fingerprint density at radius 1 is 1.00 bits per heavy atom. The van der Waals surface area contributed by atoms with Gasteiger partial charge in [-0.3, -0.25) is 9.59 Å². The van der Waals surface area contributed by atoms with Crippen molar-refractivity contribution in [3.8, 4) is 0 Å². The maximum absolute atomic E-state index is 11.9. The molecule has 0 aliphatic carbocycles. The molecule has 0 aliphatic rings. The lowest BCUT2D eigenvalue weighted by atomic mass is 10.1. The Morgan fingerprint density at radius 3 is 2.39 bits per heavy atom. The molecule has 2 aromatic carbocycles. The van der Waals surface area contributed by atoms with Crippen molar-refractivity contribution >= 4 is 29.1 Å². The van der Waals surface area contributed by atoms with Crippen molar-refractivity contribution in [1.82, 2.24) is 5.32 Å². The van der Waals surface area contributed by atoms with Gasteiger partial charge in [0.25, 0.3) is 0 Å². The molecular weight excluding hydrogens is 312 g/mol. The summed E-state index contributed by atoms with van der Waals surface area (Å²) in [5, 5.41) is 5.98. The highest BCUT2D eigenvalue weighted by Crippen LogP contribution is 2.20. The molecule has 0 unspecified atom stereocenters. The molecule has 0 atom stereocenters. The molecule has 5 heteroatoms. The van der Waals surface area contributed by atoms with Gasteiger partial charge in [-0.1, -0.05) is 47.5 Å². The number of anilines is 1. The number of hydrogen-bond donors (Lipinski definition) is 2. The minimum absolute atomic E-state index is 0.224. The van der Waals surface area contributed by atoms with Crippen LogP contribution in [0.5, 0.6) is 0 Å². The molecular formula is C18H19ClN2O2. The van der Waals surface area contributed by atoms with Crippen LogP contribution in [0.4, 0.5) is 5.69 Å². The van der Waals surface area contributed by atoms with Crippen LogP contribution in [0.3, 0.4) is 0 Å². The van der Waals surface area contributed by atoms with Crippen molar-refractivity contribution in [3.63, 3.8) is 0 Å². The average Bonchev–Trinajstić information content (AvgIpc) is 2.50. The summed E-state index contributed by atoms with van der Waals surface area (Å²) in [6.45, 7) is 4.27. The summed E-state index contributed by atoms with van der Waals surface area (Å²) in [5.41, 5.74) is 3.67. The molecule has 0 radical (unpaired) electrons. The first-order chi connectivity index (χ1) is 10.9. The Morgan fingerprint density at radius 2 is 1.70 bits per heavy atom. The molecule has 0 fully saturated rings. The summed E-state index contributed by atoms with van der Waals surface area (Å²) in [5.74, 6) is -0.681. The molecule has 0 aliphatic heterocycles. The van der Waals surface area contributed by atoms with Crippen molar-refractivity contribution in [2.24, 2.45) is 0 Å². The molecule has 23 heavy (non-hydrogen) atoms. The average molecular weight is 331 g/mol. The van der Waals surface area contributed by atoms with E-state index in [0.717, 1.165) is 16.7 Å². The summed E-state index contributed by atoms with van der Waals surface area (Å²) in [6, 6.07) is 13.1. The van der Waals surface area contributed by atoms with Crippen LogP contribution in [0.2, 0.25) is 5.02 Å². The third kappa shape index (κ3) is 5.42. The largest absolute Gasteiger partial charge is 0.352 e. The summed E-state index contributed by atoms with van der Waals surface area (Å²) in [7, 11) is 0. The normalized spacial score (nSPS) is 10.2. The van der Waals surface area contributed by atoms with Gasteiger partial charge in [-0.15, -0.1) is 0 Å². The Labute approximate surface area is 140 Å². The summed E-state index contributed by atoms with van der Waals surface area (Å²) >= 11 is 5.90. The Hall–Kier alpha value is -2.33. The van der Waals surface area contributed by atoms with Gasteiger partial charge < -0.3 is 10.6 Å². The molecule has 2 rings (SSSR count). The Kier molecular flexibility index (Phi) is 5.77. The second-order valence-corrected chi connectivity index (χ2v) is 5.88. The number of amides is 2. The van der Waals surface area contributed by atoms with Crippen LogP contribution < -0.4 is 10.6 Å². The standard InChI is InChI=1S/C18H19ClN2O2/c1-12-3-6-14(7-4-12)11-20-17(22)10-18(23)21-16-9-15(19)8-5-13(16)2/h3-9H,10-11H2,1-2H3,(H,20,22)(H,21,23). The van der Waals surface area contributed by atoms with E-state index < -0.39 is 0 Å². The number of nitrogens with one attached hydrogen (secondary N) is 2.